The molecule has 0 saturated heterocycles. The van der Waals surface area contributed by atoms with Gasteiger partial charge in [-0.1, -0.05) is 0 Å². The minimum atomic E-state index is -1.79. The maximum absolute atomic E-state index is 11.7. The zero-order chi connectivity index (χ0) is 28.4. The average Bonchev–Trinajstić information content (AvgIpc) is 3.42. The zero-order valence-corrected chi connectivity index (χ0v) is 20.8. The molecule has 1 unspecified atom stereocenters. The summed E-state index contributed by atoms with van der Waals surface area (Å²) in [6, 6.07) is 0. The van der Waals surface area contributed by atoms with Gasteiger partial charge in [-0.15, -0.1) is 0 Å². The van der Waals surface area contributed by atoms with Crippen LogP contribution in [0.25, 0.3) is 22.3 Å². The number of rotatable bonds is 3. The van der Waals surface area contributed by atoms with E-state index in [0.29, 0.717) is 22.3 Å². The van der Waals surface area contributed by atoms with Crippen molar-refractivity contribution in [2.24, 2.45) is 42.3 Å². The first-order valence-corrected chi connectivity index (χ1v) is 10.4. The Balaban J connectivity index is 0.000000201. The van der Waals surface area contributed by atoms with Crippen molar-refractivity contribution in [3.8, 4) is 0 Å². The summed E-state index contributed by atoms with van der Waals surface area (Å²) in [5, 5.41) is 24.1. The minimum absolute atomic E-state index is 0.317. The molecule has 4 heterocycles. The second kappa shape index (κ2) is 10.9. The topological polar surface area (TPSA) is 218 Å². The smallest absolute Gasteiger partial charge is 0.333 e. The first-order chi connectivity index (χ1) is 17.1. The van der Waals surface area contributed by atoms with Crippen LogP contribution in [0.1, 0.15) is 6.42 Å². The number of imidazole rings is 2. The number of hydrogen-bond acceptors (Lipinski definition) is 9. The summed E-state index contributed by atoms with van der Waals surface area (Å²) in [4.78, 5) is 73.7. The van der Waals surface area contributed by atoms with Crippen molar-refractivity contribution in [2.75, 3.05) is 0 Å². The molecule has 0 aliphatic heterocycles. The van der Waals surface area contributed by atoms with Crippen molar-refractivity contribution < 1.29 is 24.9 Å². The number of aliphatic carboxylic acids is 2. The Morgan fingerprint density at radius 2 is 1.08 bits per heavy atom. The fourth-order valence-electron chi connectivity index (χ4n) is 3.20. The number of nitrogens with zero attached hydrogens (tertiary/aromatic N) is 8. The lowest BCUT2D eigenvalue weighted by atomic mass is 10.3. The number of fused-ring (bicyclic) bond motifs is 2. The Labute approximate surface area is 206 Å². The van der Waals surface area contributed by atoms with E-state index >= 15 is 0 Å². The highest BCUT2D eigenvalue weighted by Crippen LogP contribution is 2.02. The molecule has 0 amide bonds. The maximum atomic E-state index is 11.7. The molecular weight excluding hydrogens is 496 g/mol. The summed E-state index contributed by atoms with van der Waals surface area (Å²) in [5.74, 6) is -2.85. The van der Waals surface area contributed by atoms with Gasteiger partial charge in [-0.05, 0) is 0 Å². The summed E-state index contributed by atoms with van der Waals surface area (Å²) in [7, 11) is 9.55. The average molecular weight is 522 g/mol. The molecule has 0 aliphatic carbocycles. The fourth-order valence-corrected chi connectivity index (χ4v) is 3.20. The summed E-state index contributed by atoms with van der Waals surface area (Å²) >= 11 is 0. The van der Waals surface area contributed by atoms with E-state index in [4.69, 9.17) is 15.3 Å². The van der Waals surface area contributed by atoms with Gasteiger partial charge in [0.2, 0.25) is 0 Å². The van der Waals surface area contributed by atoms with Crippen LogP contribution < -0.4 is 22.5 Å². The number of hydrogen-bond donors (Lipinski definition) is 3. The molecule has 0 bridgehead atoms. The molecule has 4 aromatic heterocycles. The van der Waals surface area contributed by atoms with Crippen LogP contribution in [0.5, 0.6) is 0 Å². The molecule has 37 heavy (non-hydrogen) atoms. The molecule has 3 N–H and O–H groups in total. The van der Waals surface area contributed by atoms with Gasteiger partial charge in [-0.3, -0.25) is 32.7 Å². The summed E-state index contributed by atoms with van der Waals surface area (Å²) in [6.45, 7) is 0. The van der Waals surface area contributed by atoms with Gasteiger partial charge in [0.25, 0.3) is 11.1 Å². The van der Waals surface area contributed by atoms with Crippen molar-refractivity contribution in [2.45, 2.75) is 12.5 Å². The standard InChI is InChI=1S/2C8H10N4O2.C4H6O5/c2*1-10-4-9-6-5(10)7(13)12(3)8(14)11(6)2;5-2(4(8)9)1-3(6)7/h2*4H,1-3H3;2,5H,1H2,(H,6,7)(H,8,9). The van der Waals surface area contributed by atoms with E-state index in [-0.39, 0.29) is 22.5 Å². The third kappa shape index (κ3) is 5.56. The van der Waals surface area contributed by atoms with Crippen LogP contribution in [0.15, 0.2) is 31.8 Å². The first kappa shape index (κ1) is 28.4. The molecule has 0 radical (unpaired) electrons. The minimum Gasteiger partial charge on any atom is -0.481 e. The SMILES string of the molecule is Cn1c(=O)c2c(ncn2C)n(C)c1=O.Cn1c(=O)c2c(ncn2C)n(C)c1=O.O=C(O)CC(O)C(=O)O. The molecule has 0 saturated carbocycles. The summed E-state index contributed by atoms with van der Waals surface area (Å²) in [5.41, 5.74) is 0.360. The lowest BCUT2D eigenvalue weighted by Crippen LogP contribution is -2.37. The van der Waals surface area contributed by atoms with Crippen LogP contribution >= 0.6 is 0 Å². The lowest BCUT2D eigenvalue weighted by molar-refractivity contribution is -0.152. The number of carboxylic acids is 2. The second-order valence-corrected chi connectivity index (χ2v) is 7.92. The molecule has 4 aromatic rings. The molecule has 0 fully saturated rings. The highest BCUT2D eigenvalue weighted by Gasteiger charge is 2.16. The van der Waals surface area contributed by atoms with Gasteiger partial charge in [0.15, 0.2) is 28.4 Å². The van der Waals surface area contributed by atoms with Crippen molar-refractivity contribution in [1.29, 1.82) is 0 Å². The third-order valence-electron chi connectivity index (χ3n) is 5.29. The number of aromatic nitrogens is 8. The van der Waals surface area contributed by atoms with Gasteiger partial charge in [0.05, 0.1) is 19.1 Å². The normalized spacial score (nSPS) is 11.4. The van der Waals surface area contributed by atoms with E-state index in [2.05, 4.69) is 9.97 Å². The van der Waals surface area contributed by atoms with Crippen LogP contribution in [0.2, 0.25) is 0 Å². The van der Waals surface area contributed by atoms with E-state index in [1.165, 1.54) is 35.9 Å². The number of aliphatic hydroxyl groups excluding tert-OH is 1. The van der Waals surface area contributed by atoms with Crippen molar-refractivity contribution in [3.05, 3.63) is 54.3 Å². The highest BCUT2D eigenvalue weighted by atomic mass is 16.4. The number of carbonyl (C=O) groups is 2. The third-order valence-corrected chi connectivity index (χ3v) is 5.29. The van der Waals surface area contributed by atoms with Crippen molar-refractivity contribution >= 4 is 34.3 Å². The van der Waals surface area contributed by atoms with Crippen molar-refractivity contribution in [3.63, 3.8) is 0 Å². The molecule has 200 valence electrons. The van der Waals surface area contributed by atoms with E-state index in [9.17, 15) is 28.8 Å². The number of carboxylic acid groups (broad SMARTS) is 2. The fraction of sp³-hybridized carbons (Fsp3) is 0.400. The zero-order valence-electron chi connectivity index (χ0n) is 20.8. The number of aryl methyl sites for hydroxylation is 4. The summed E-state index contributed by atoms with van der Waals surface area (Å²) in [6.07, 6.45) is 0.495. The maximum Gasteiger partial charge on any atom is 0.333 e. The molecular formula is C20H26N8O9. The van der Waals surface area contributed by atoms with Gasteiger partial charge >= 0.3 is 23.3 Å². The van der Waals surface area contributed by atoms with Crippen molar-refractivity contribution in [1.82, 2.24) is 37.4 Å². The molecule has 0 aromatic carbocycles. The van der Waals surface area contributed by atoms with Gasteiger partial charge in [-0.25, -0.2) is 24.4 Å². The van der Waals surface area contributed by atoms with Crippen LogP contribution in [0.3, 0.4) is 0 Å². The van der Waals surface area contributed by atoms with Gasteiger partial charge in [-0.2, -0.15) is 0 Å². The predicted molar refractivity (Wildman–Crippen MR) is 128 cm³/mol. The largest absolute Gasteiger partial charge is 0.481 e. The van der Waals surface area contributed by atoms with Gasteiger partial charge in [0.1, 0.15) is 0 Å². The van der Waals surface area contributed by atoms with Gasteiger partial charge < -0.3 is 24.5 Å². The monoisotopic (exact) mass is 522 g/mol. The Kier molecular flexibility index (Phi) is 8.34. The molecule has 17 nitrogen and oxygen atoms in total. The first-order valence-electron chi connectivity index (χ1n) is 10.4. The quantitative estimate of drug-likeness (QED) is 0.244. The predicted octanol–water partition coefficient (Wildman–Crippen LogP) is -3.15. The van der Waals surface area contributed by atoms with E-state index in [1.807, 2.05) is 0 Å². The van der Waals surface area contributed by atoms with E-state index in [1.54, 1.807) is 37.3 Å². The van der Waals surface area contributed by atoms with E-state index < -0.39 is 24.5 Å². The van der Waals surface area contributed by atoms with Crippen LogP contribution in [0.4, 0.5) is 0 Å². The lowest BCUT2D eigenvalue weighted by Gasteiger charge is -2.02. The Hall–Kier alpha value is -4.80. The Bertz CT molecular complexity index is 1620. The molecule has 4 rings (SSSR count). The van der Waals surface area contributed by atoms with Crippen LogP contribution in [-0.2, 0) is 51.9 Å². The number of aliphatic hydroxyl groups is 1. The highest BCUT2D eigenvalue weighted by molar-refractivity contribution is 5.79. The van der Waals surface area contributed by atoms with Crippen LogP contribution in [-0.4, -0.2) is 70.7 Å². The Morgan fingerprint density at radius 3 is 1.35 bits per heavy atom. The van der Waals surface area contributed by atoms with Gasteiger partial charge in [0, 0.05) is 42.3 Å². The summed E-state index contributed by atoms with van der Waals surface area (Å²) < 4.78 is 8.08. The molecule has 0 aliphatic rings. The Morgan fingerprint density at radius 1 is 0.730 bits per heavy atom. The molecule has 17 heteroatoms. The van der Waals surface area contributed by atoms with E-state index in [0.717, 1.165) is 9.13 Å². The second-order valence-electron chi connectivity index (χ2n) is 7.92. The molecule has 0 spiro atoms. The molecule has 1 atom stereocenters. The van der Waals surface area contributed by atoms with Crippen LogP contribution in [0, 0.1) is 0 Å².